The Kier molecular flexibility index (Phi) is 7.76. The van der Waals surface area contributed by atoms with Crippen molar-refractivity contribution < 1.29 is 28.8 Å². The number of carbonyl (C=O) groups excluding carboxylic acids is 1. The van der Waals surface area contributed by atoms with Gasteiger partial charge in [-0.1, -0.05) is 12.1 Å². The van der Waals surface area contributed by atoms with Gasteiger partial charge in [-0.05, 0) is 43.7 Å². The van der Waals surface area contributed by atoms with Crippen LogP contribution in [0.3, 0.4) is 0 Å². The van der Waals surface area contributed by atoms with Crippen LogP contribution in [-0.2, 0) is 11.3 Å². The van der Waals surface area contributed by atoms with Crippen LogP contribution in [0.15, 0.2) is 36.4 Å². The van der Waals surface area contributed by atoms with Crippen molar-refractivity contribution in [2.24, 2.45) is 0 Å². The molecule has 0 aliphatic carbocycles. The number of quaternary nitrogens is 2. The number of anilines is 1. The number of ether oxygens (including phenoxy) is 3. The lowest BCUT2D eigenvalue weighted by Crippen LogP contribution is -3.29. The zero-order valence-corrected chi connectivity index (χ0v) is 19.2. The molecule has 3 N–H and O–H groups in total. The van der Waals surface area contributed by atoms with E-state index in [9.17, 15) is 4.79 Å². The molecule has 168 valence electrons. The number of methoxy groups -OCH3 is 3. The van der Waals surface area contributed by atoms with E-state index in [1.807, 2.05) is 37.3 Å². The van der Waals surface area contributed by atoms with Crippen LogP contribution < -0.4 is 29.3 Å². The van der Waals surface area contributed by atoms with Crippen molar-refractivity contribution >= 4 is 11.6 Å². The molecule has 7 heteroatoms. The number of amides is 1. The van der Waals surface area contributed by atoms with Crippen LogP contribution in [0.2, 0.25) is 0 Å². The number of benzene rings is 2. The van der Waals surface area contributed by atoms with Crippen LogP contribution >= 0.6 is 0 Å². The average Bonchev–Trinajstić information content (AvgIpc) is 2.80. The molecule has 1 amide bonds. The van der Waals surface area contributed by atoms with Crippen LogP contribution in [0, 0.1) is 6.92 Å². The second-order valence-corrected chi connectivity index (χ2v) is 8.13. The molecule has 1 atom stereocenters. The van der Waals surface area contributed by atoms with E-state index in [1.54, 1.807) is 21.3 Å². The van der Waals surface area contributed by atoms with E-state index in [2.05, 4.69) is 18.3 Å². The van der Waals surface area contributed by atoms with Gasteiger partial charge in [0.2, 0.25) is 0 Å². The van der Waals surface area contributed by atoms with E-state index in [4.69, 9.17) is 14.2 Å². The van der Waals surface area contributed by atoms with Gasteiger partial charge in [0.15, 0.2) is 17.5 Å². The number of carbonyl (C=O) groups is 1. The Morgan fingerprint density at radius 3 is 2.23 bits per heavy atom. The summed E-state index contributed by atoms with van der Waals surface area (Å²) in [5.41, 5.74) is 3.21. The summed E-state index contributed by atoms with van der Waals surface area (Å²) in [4.78, 5) is 15.7. The number of rotatable bonds is 8. The third-order valence-corrected chi connectivity index (χ3v) is 6.25. The monoisotopic (exact) mass is 429 g/mol. The molecular formula is C24H35N3O4+2. The minimum absolute atomic E-state index is 0.0266. The van der Waals surface area contributed by atoms with Crippen LogP contribution in [0.25, 0.3) is 0 Å². The topological polar surface area (TPSA) is 65.7 Å². The molecule has 1 saturated heterocycles. The molecule has 0 spiro atoms. The summed E-state index contributed by atoms with van der Waals surface area (Å²) < 4.78 is 16.2. The largest absolute Gasteiger partial charge is 0.495 e. The standard InChI is InChI=1S/C24H33N3O4/c1-17-14-22(30-4)23(31-5)15-19(17)16-26-10-12-27(13-11-26)18(2)24(28)25-20-8-6-7-9-21(20)29-3/h6-9,14-15,18H,10-13,16H2,1-5H3,(H,25,28)/p+2/t18-/m0/s1. The lowest BCUT2D eigenvalue weighted by Gasteiger charge is -2.33. The predicted molar refractivity (Wildman–Crippen MR) is 120 cm³/mol. The van der Waals surface area contributed by atoms with E-state index >= 15 is 0 Å². The van der Waals surface area contributed by atoms with Gasteiger partial charge >= 0.3 is 0 Å². The first kappa shape index (κ1) is 22.9. The summed E-state index contributed by atoms with van der Waals surface area (Å²) in [6.07, 6.45) is 0. The lowest BCUT2D eigenvalue weighted by atomic mass is 10.1. The fourth-order valence-corrected chi connectivity index (χ4v) is 4.19. The van der Waals surface area contributed by atoms with E-state index < -0.39 is 0 Å². The Morgan fingerprint density at radius 2 is 1.58 bits per heavy atom. The van der Waals surface area contributed by atoms with Gasteiger partial charge < -0.3 is 29.3 Å². The molecule has 2 aromatic rings. The summed E-state index contributed by atoms with van der Waals surface area (Å²) in [5.74, 6) is 2.24. The first-order chi connectivity index (χ1) is 15.0. The minimum atomic E-state index is -0.116. The zero-order chi connectivity index (χ0) is 22.4. The van der Waals surface area contributed by atoms with Crippen LogP contribution in [0.4, 0.5) is 5.69 Å². The van der Waals surface area contributed by atoms with Gasteiger partial charge in [0, 0.05) is 5.56 Å². The number of nitrogens with one attached hydrogen (secondary N) is 3. The fraction of sp³-hybridized carbons (Fsp3) is 0.458. The Morgan fingerprint density at radius 1 is 0.968 bits per heavy atom. The maximum absolute atomic E-state index is 12.8. The molecule has 0 radical (unpaired) electrons. The molecule has 1 aliphatic rings. The Labute approximate surface area is 184 Å². The van der Waals surface area contributed by atoms with Crippen LogP contribution in [0.1, 0.15) is 18.1 Å². The average molecular weight is 430 g/mol. The van der Waals surface area contributed by atoms with E-state index in [1.165, 1.54) is 20.9 Å². The molecule has 7 nitrogen and oxygen atoms in total. The van der Waals surface area contributed by atoms with Crippen molar-refractivity contribution in [3.05, 3.63) is 47.5 Å². The summed E-state index contributed by atoms with van der Waals surface area (Å²) in [5, 5.41) is 3.02. The van der Waals surface area contributed by atoms with Crippen molar-refractivity contribution in [1.29, 1.82) is 0 Å². The molecule has 0 saturated carbocycles. The molecule has 0 bridgehead atoms. The normalized spacial score (nSPS) is 19.4. The molecule has 1 heterocycles. The first-order valence-corrected chi connectivity index (χ1v) is 10.8. The Balaban J connectivity index is 1.56. The first-order valence-electron chi connectivity index (χ1n) is 10.8. The number of hydrogen-bond acceptors (Lipinski definition) is 4. The van der Waals surface area contributed by atoms with Crippen molar-refractivity contribution in [3.8, 4) is 17.2 Å². The predicted octanol–water partition coefficient (Wildman–Crippen LogP) is 0.331. The van der Waals surface area contributed by atoms with Gasteiger partial charge in [0.1, 0.15) is 38.5 Å². The smallest absolute Gasteiger partial charge is 0.282 e. The molecule has 2 aromatic carbocycles. The van der Waals surface area contributed by atoms with E-state index in [0.717, 1.165) is 49.9 Å². The van der Waals surface area contributed by atoms with Crippen molar-refractivity contribution in [2.75, 3.05) is 52.8 Å². The highest BCUT2D eigenvalue weighted by atomic mass is 16.5. The minimum Gasteiger partial charge on any atom is -0.495 e. The Hall–Kier alpha value is -2.77. The van der Waals surface area contributed by atoms with Crippen LogP contribution in [-0.4, -0.2) is 59.5 Å². The molecule has 0 aromatic heterocycles. The highest BCUT2D eigenvalue weighted by Crippen LogP contribution is 2.30. The summed E-state index contributed by atoms with van der Waals surface area (Å²) >= 11 is 0. The Bertz CT molecular complexity index is 894. The summed E-state index contributed by atoms with van der Waals surface area (Å²) in [6, 6.07) is 11.5. The molecule has 1 aliphatic heterocycles. The molecule has 31 heavy (non-hydrogen) atoms. The van der Waals surface area contributed by atoms with E-state index in [0.29, 0.717) is 5.75 Å². The van der Waals surface area contributed by atoms with Gasteiger partial charge in [-0.15, -0.1) is 0 Å². The summed E-state index contributed by atoms with van der Waals surface area (Å²) in [7, 11) is 4.95. The van der Waals surface area contributed by atoms with Gasteiger partial charge in [0.25, 0.3) is 5.91 Å². The number of aryl methyl sites for hydroxylation is 1. The second kappa shape index (κ2) is 10.5. The van der Waals surface area contributed by atoms with Crippen LogP contribution in [0.5, 0.6) is 17.2 Å². The molecule has 0 unspecified atom stereocenters. The fourth-order valence-electron chi connectivity index (χ4n) is 4.19. The van der Waals surface area contributed by atoms with Gasteiger partial charge in [-0.3, -0.25) is 4.79 Å². The van der Waals surface area contributed by atoms with Crippen molar-refractivity contribution in [2.45, 2.75) is 26.4 Å². The molecular weight excluding hydrogens is 394 g/mol. The van der Waals surface area contributed by atoms with Gasteiger partial charge in [-0.2, -0.15) is 0 Å². The molecule has 1 fully saturated rings. The summed E-state index contributed by atoms with van der Waals surface area (Å²) in [6.45, 7) is 9.03. The highest BCUT2D eigenvalue weighted by Gasteiger charge is 2.31. The second-order valence-electron chi connectivity index (χ2n) is 8.13. The third kappa shape index (κ3) is 5.48. The molecule has 3 rings (SSSR count). The van der Waals surface area contributed by atoms with Crippen molar-refractivity contribution in [1.82, 2.24) is 0 Å². The quantitative estimate of drug-likeness (QED) is 0.566. The number of hydrogen-bond donors (Lipinski definition) is 3. The maximum atomic E-state index is 12.8. The van der Waals surface area contributed by atoms with Gasteiger partial charge in [-0.25, -0.2) is 0 Å². The van der Waals surface area contributed by atoms with E-state index in [-0.39, 0.29) is 11.9 Å². The maximum Gasteiger partial charge on any atom is 0.282 e. The zero-order valence-electron chi connectivity index (χ0n) is 19.2. The number of para-hydroxylation sites is 2. The highest BCUT2D eigenvalue weighted by molar-refractivity contribution is 5.94. The lowest BCUT2D eigenvalue weighted by molar-refractivity contribution is -1.02. The third-order valence-electron chi connectivity index (χ3n) is 6.25. The number of piperazine rings is 1. The SMILES string of the molecule is COc1ccccc1NC(=O)[C@H](C)[NH+]1CC[NH+](Cc2cc(OC)c(OC)cc2C)CC1. The van der Waals surface area contributed by atoms with Crippen molar-refractivity contribution in [3.63, 3.8) is 0 Å². The van der Waals surface area contributed by atoms with Gasteiger partial charge in [0.05, 0.1) is 27.0 Å².